The van der Waals surface area contributed by atoms with Crippen molar-refractivity contribution in [3.05, 3.63) is 182 Å². The summed E-state index contributed by atoms with van der Waals surface area (Å²) in [5, 5.41) is 4.55. The number of benzene rings is 7. The zero-order chi connectivity index (χ0) is 34.9. The molecule has 11 aromatic rings. The number of hydrogen-bond donors (Lipinski definition) is 0. The van der Waals surface area contributed by atoms with Crippen LogP contribution in [0.25, 0.3) is 99.8 Å². The molecule has 0 atom stereocenters. The van der Waals surface area contributed by atoms with Crippen molar-refractivity contribution in [1.82, 2.24) is 24.1 Å². The van der Waals surface area contributed by atoms with Crippen molar-refractivity contribution in [1.29, 1.82) is 0 Å². The first-order valence-corrected chi connectivity index (χ1v) is 17.8. The van der Waals surface area contributed by atoms with E-state index in [1.165, 1.54) is 5.56 Å². The normalized spacial score (nSPS) is 11.6. The molecule has 0 amide bonds. The Morgan fingerprint density at radius 3 is 2.11 bits per heavy atom. The second-order valence-corrected chi connectivity index (χ2v) is 13.4. The molecule has 54 heavy (non-hydrogen) atoms. The molecule has 11 rings (SSSR count). The van der Waals surface area contributed by atoms with Gasteiger partial charge in [0.15, 0.2) is 0 Å². The molecule has 7 aromatic carbocycles. The maximum Gasteiger partial charge on any atom is 2.00 e. The van der Waals surface area contributed by atoms with Gasteiger partial charge in [-0.25, -0.2) is 9.97 Å². The second kappa shape index (κ2) is 12.8. The number of hydrogen-bond acceptors (Lipinski definition) is 2. The average molecular weight is 871 g/mol. The third-order valence-electron chi connectivity index (χ3n) is 10.4. The number of fused-ring (bicyclic) bond motifs is 7. The summed E-state index contributed by atoms with van der Waals surface area (Å²) in [4.78, 5) is 15.4. The zero-order valence-corrected chi connectivity index (χ0v) is 31.1. The van der Waals surface area contributed by atoms with E-state index in [-0.39, 0.29) is 21.1 Å². The Morgan fingerprint density at radius 2 is 1.26 bits per heavy atom. The topological polar surface area (TPSA) is 49.7 Å². The molecule has 0 aliphatic rings. The van der Waals surface area contributed by atoms with E-state index in [0.29, 0.717) is 0 Å². The van der Waals surface area contributed by atoms with Gasteiger partial charge in [-0.3, -0.25) is 4.57 Å². The number of rotatable bonds is 5. The monoisotopic (exact) mass is 870 g/mol. The van der Waals surface area contributed by atoms with Gasteiger partial charge >= 0.3 is 21.1 Å². The SMILES string of the molecule is [Pt+2].[c-]1c(-c2cccc3c2nc(-c2cccc4c2[n-]c2ccccc24)n3-c2ccccc2)ccc2c3ccc(-c4ccccc4)cc3n(-c3ccccn3)c12. The zero-order valence-electron chi connectivity index (χ0n) is 28.8. The van der Waals surface area contributed by atoms with Crippen LogP contribution < -0.4 is 4.98 Å². The van der Waals surface area contributed by atoms with Gasteiger partial charge in [0.25, 0.3) is 0 Å². The molecule has 0 fully saturated rings. The van der Waals surface area contributed by atoms with Gasteiger partial charge < -0.3 is 9.55 Å². The Labute approximate surface area is 325 Å². The largest absolute Gasteiger partial charge is 2.00 e. The summed E-state index contributed by atoms with van der Waals surface area (Å²) in [6, 6.07) is 63.2. The van der Waals surface area contributed by atoms with Crippen LogP contribution >= 0.6 is 0 Å². The first-order valence-electron chi connectivity index (χ1n) is 17.8. The summed E-state index contributed by atoms with van der Waals surface area (Å²) in [6.45, 7) is 0. The van der Waals surface area contributed by atoms with Crippen LogP contribution in [0, 0.1) is 6.07 Å². The van der Waals surface area contributed by atoms with Crippen molar-refractivity contribution in [2.75, 3.05) is 0 Å². The van der Waals surface area contributed by atoms with Crippen LogP contribution in [0.3, 0.4) is 0 Å². The predicted molar refractivity (Wildman–Crippen MR) is 217 cm³/mol. The van der Waals surface area contributed by atoms with E-state index < -0.39 is 0 Å². The van der Waals surface area contributed by atoms with E-state index in [2.05, 4.69) is 161 Å². The quantitative estimate of drug-likeness (QED) is 0.162. The summed E-state index contributed by atoms with van der Waals surface area (Å²) in [5.41, 5.74) is 12.3. The molecule has 4 aromatic heterocycles. The summed E-state index contributed by atoms with van der Waals surface area (Å²) in [6.07, 6.45) is 1.85. The first kappa shape index (κ1) is 32.1. The van der Waals surface area contributed by atoms with Crippen LogP contribution in [0.15, 0.2) is 176 Å². The summed E-state index contributed by atoms with van der Waals surface area (Å²) in [5.74, 6) is 1.70. The van der Waals surface area contributed by atoms with Crippen LogP contribution in [0.4, 0.5) is 0 Å². The molecule has 0 saturated carbocycles. The molecule has 0 bridgehead atoms. The molecule has 0 spiro atoms. The van der Waals surface area contributed by atoms with E-state index in [1.54, 1.807) is 0 Å². The van der Waals surface area contributed by atoms with E-state index in [9.17, 15) is 0 Å². The Balaban J connectivity index is 0.00000361. The van der Waals surface area contributed by atoms with Crippen molar-refractivity contribution in [3.8, 4) is 45.1 Å². The number of aromatic nitrogens is 5. The third-order valence-corrected chi connectivity index (χ3v) is 10.4. The summed E-state index contributed by atoms with van der Waals surface area (Å²) >= 11 is 0. The van der Waals surface area contributed by atoms with Gasteiger partial charge in [0, 0.05) is 23.0 Å². The van der Waals surface area contributed by atoms with Gasteiger partial charge in [-0.1, -0.05) is 132 Å². The van der Waals surface area contributed by atoms with E-state index in [0.717, 1.165) is 94.2 Å². The molecule has 0 N–H and O–H groups in total. The van der Waals surface area contributed by atoms with Crippen molar-refractivity contribution >= 4 is 54.6 Å². The molecule has 0 radical (unpaired) electrons. The van der Waals surface area contributed by atoms with Gasteiger partial charge in [-0.15, -0.1) is 34.8 Å². The molecule has 0 aliphatic carbocycles. The Kier molecular flexibility index (Phi) is 7.64. The minimum Gasteiger partial charge on any atom is -0.656 e. The van der Waals surface area contributed by atoms with E-state index >= 15 is 0 Å². The van der Waals surface area contributed by atoms with E-state index in [4.69, 9.17) is 15.0 Å². The molecule has 0 unspecified atom stereocenters. The van der Waals surface area contributed by atoms with Gasteiger partial charge in [0.05, 0.1) is 11.0 Å². The van der Waals surface area contributed by atoms with Crippen LogP contribution in [0.2, 0.25) is 0 Å². The number of para-hydroxylation sites is 4. The Hall–Kier alpha value is -6.55. The van der Waals surface area contributed by atoms with Crippen molar-refractivity contribution in [2.24, 2.45) is 0 Å². The second-order valence-electron chi connectivity index (χ2n) is 13.4. The summed E-state index contributed by atoms with van der Waals surface area (Å²) in [7, 11) is 0. The fourth-order valence-electron chi connectivity index (χ4n) is 7.95. The fourth-order valence-corrected chi connectivity index (χ4v) is 7.95. The number of imidazole rings is 1. The van der Waals surface area contributed by atoms with Crippen molar-refractivity contribution in [2.45, 2.75) is 0 Å². The van der Waals surface area contributed by atoms with E-state index in [1.807, 2.05) is 30.5 Å². The Bertz CT molecular complexity index is 3160. The van der Waals surface area contributed by atoms with Gasteiger partial charge in [0.2, 0.25) is 0 Å². The van der Waals surface area contributed by atoms with Crippen molar-refractivity contribution in [3.63, 3.8) is 0 Å². The molecule has 0 aliphatic heterocycles. The molecular weight excluding hydrogens is 842 g/mol. The smallest absolute Gasteiger partial charge is 0.656 e. The molecule has 0 saturated heterocycles. The van der Waals surface area contributed by atoms with Gasteiger partial charge in [-0.05, 0) is 69.2 Å². The number of nitrogens with zero attached hydrogens (tertiary/aromatic N) is 5. The number of pyridine rings is 1. The van der Waals surface area contributed by atoms with Crippen LogP contribution in [-0.4, -0.2) is 19.1 Å². The molecule has 256 valence electrons. The maximum atomic E-state index is 5.49. The minimum absolute atomic E-state index is 0. The standard InChI is InChI=1S/C48H29N5.Pt/c1-3-13-31(14-4-1)32-24-26-37-38-27-25-33(30-44(38)53(43(37)29-32)45-23-9-10-28-49-45)35-18-12-22-42-47(35)51-48(52(42)34-15-5-2-6-16-34)40-20-11-19-39-36-17-7-8-21-41(36)50-46(39)40;/h1-29H;/q-2;+2. The maximum absolute atomic E-state index is 5.49. The van der Waals surface area contributed by atoms with Gasteiger partial charge in [-0.2, -0.15) is 0 Å². The molecular formula is C48H29N5Pt. The minimum atomic E-state index is 0. The van der Waals surface area contributed by atoms with Gasteiger partial charge in [0.1, 0.15) is 11.6 Å². The fraction of sp³-hybridized carbons (Fsp3) is 0. The predicted octanol–water partition coefficient (Wildman–Crippen LogP) is 11.6. The van der Waals surface area contributed by atoms with Crippen molar-refractivity contribution < 1.29 is 21.1 Å². The molecule has 4 heterocycles. The van der Waals surface area contributed by atoms with Crippen LogP contribution in [0.5, 0.6) is 0 Å². The molecule has 6 heteroatoms. The third kappa shape index (κ3) is 4.97. The summed E-state index contributed by atoms with van der Waals surface area (Å²) < 4.78 is 4.50. The molecule has 5 nitrogen and oxygen atoms in total. The average Bonchev–Trinajstić information content (AvgIpc) is 3.91. The van der Waals surface area contributed by atoms with Crippen LogP contribution in [-0.2, 0) is 21.1 Å². The Morgan fingerprint density at radius 1 is 0.519 bits per heavy atom. The van der Waals surface area contributed by atoms with Crippen LogP contribution in [0.1, 0.15) is 0 Å². The first-order chi connectivity index (χ1) is 26.3.